The van der Waals surface area contributed by atoms with Gasteiger partial charge >= 0.3 is 6.18 Å². The first kappa shape index (κ1) is 14.9. The standard InChI is InChI=1S/C13H8F4N2O2/c14-10-3-8(7-18-21)4-11(6-10)19-2-1-9(5-12(19)20)13(15,16)17/h1-6H,7H2. The van der Waals surface area contributed by atoms with Crippen molar-refractivity contribution in [2.24, 2.45) is 5.18 Å². The largest absolute Gasteiger partial charge is 0.416 e. The van der Waals surface area contributed by atoms with Crippen LogP contribution < -0.4 is 5.56 Å². The molecule has 0 saturated carbocycles. The molecule has 0 bridgehead atoms. The molecule has 21 heavy (non-hydrogen) atoms. The Bertz CT molecular complexity index is 738. The predicted molar refractivity (Wildman–Crippen MR) is 66.5 cm³/mol. The number of hydrogen-bond acceptors (Lipinski definition) is 3. The molecule has 0 saturated heterocycles. The van der Waals surface area contributed by atoms with Crippen LogP contribution >= 0.6 is 0 Å². The molecule has 0 radical (unpaired) electrons. The van der Waals surface area contributed by atoms with Gasteiger partial charge in [0, 0.05) is 12.3 Å². The highest BCUT2D eigenvalue weighted by atomic mass is 19.4. The molecular weight excluding hydrogens is 292 g/mol. The molecule has 110 valence electrons. The quantitative estimate of drug-likeness (QED) is 0.645. The van der Waals surface area contributed by atoms with E-state index < -0.39 is 23.1 Å². The summed E-state index contributed by atoms with van der Waals surface area (Å²) in [5, 5.41) is 2.60. The summed E-state index contributed by atoms with van der Waals surface area (Å²) in [6.07, 6.45) is -3.73. The molecule has 0 unspecified atom stereocenters. The number of alkyl halides is 3. The van der Waals surface area contributed by atoms with Crippen molar-refractivity contribution in [2.75, 3.05) is 0 Å². The maximum Gasteiger partial charge on any atom is 0.416 e. The van der Waals surface area contributed by atoms with E-state index in [1.807, 2.05) is 0 Å². The summed E-state index contributed by atoms with van der Waals surface area (Å²) in [5.41, 5.74) is -1.81. The molecule has 1 heterocycles. The minimum absolute atomic E-state index is 0.0207. The molecule has 0 aliphatic rings. The third-order valence-corrected chi connectivity index (χ3v) is 2.71. The second-order valence-corrected chi connectivity index (χ2v) is 4.23. The van der Waals surface area contributed by atoms with Crippen LogP contribution in [-0.4, -0.2) is 4.57 Å². The molecule has 0 aliphatic carbocycles. The Kier molecular flexibility index (Phi) is 3.88. The number of aromatic nitrogens is 1. The fraction of sp³-hybridized carbons (Fsp3) is 0.154. The number of nitrogens with zero attached hydrogens (tertiary/aromatic N) is 2. The van der Waals surface area contributed by atoms with Crippen molar-refractivity contribution in [1.29, 1.82) is 0 Å². The van der Waals surface area contributed by atoms with E-state index in [2.05, 4.69) is 5.18 Å². The fourth-order valence-corrected chi connectivity index (χ4v) is 1.81. The van der Waals surface area contributed by atoms with Gasteiger partial charge in [-0.2, -0.15) is 18.1 Å². The van der Waals surface area contributed by atoms with Crippen molar-refractivity contribution in [3.8, 4) is 5.69 Å². The van der Waals surface area contributed by atoms with E-state index in [4.69, 9.17) is 0 Å². The summed E-state index contributed by atoms with van der Waals surface area (Å²) in [6, 6.07) is 4.47. The van der Waals surface area contributed by atoms with Gasteiger partial charge in [0.25, 0.3) is 5.56 Å². The first-order valence-corrected chi connectivity index (χ1v) is 5.70. The lowest BCUT2D eigenvalue weighted by molar-refractivity contribution is -0.137. The summed E-state index contributed by atoms with van der Waals surface area (Å²) in [4.78, 5) is 21.9. The third kappa shape index (κ3) is 3.33. The van der Waals surface area contributed by atoms with Gasteiger partial charge in [0.2, 0.25) is 0 Å². The molecule has 8 heteroatoms. The van der Waals surface area contributed by atoms with E-state index in [1.165, 1.54) is 6.07 Å². The van der Waals surface area contributed by atoms with Crippen LogP contribution in [0.25, 0.3) is 5.69 Å². The number of pyridine rings is 1. The van der Waals surface area contributed by atoms with Crippen LogP contribution in [0.5, 0.6) is 0 Å². The Labute approximate surface area is 115 Å². The SMILES string of the molecule is O=NCc1cc(F)cc(-n2ccc(C(F)(F)F)cc2=O)c1. The highest BCUT2D eigenvalue weighted by molar-refractivity contribution is 5.37. The fourth-order valence-electron chi connectivity index (χ4n) is 1.81. The molecule has 4 nitrogen and oxygen atoms in total. The van der Waals surface area contributed by atoms with Crippen molar-refractivity contribution in [2.45, 2.75) is 12.7 Å². The first-order valence-electron chi connectivity index (χ1n) is 5.70. The van der Waals surface area contributed by atoms with Crippen molar-refractivity contribution < 1.29 is 17.6 Å². The summed E-state index contributed by atoms with van der Waals surface area (Å²) in [6.45, 7) is -0.305. The Hall–Kier alpha value is -2.51. The smallest absolute Gasteiger partial charge is 0.284 e. The zero-order chi connectivity index (χ0) is 15.6. The molecule has 0 amide bonds. The van der Waals surface area contributed by atoms with Crippen LogP contribution in [0.1, 0.15) is 11.1 Å². The average molecular weight is 300 g/mol. The normalized spacial score (nSPS) is 11.4. The van der Waals surface area contributed by atoms with Crippen LogP contribution in [0, 0.1) is 10.7 Å². The molecule has 0 fully saturated rings. The maximum atomic E-state index is 13.4. The van der Waals surface area contributed by atoms with Crippen molar-refractivity contribution in [1.82, 2.24) is 4.57 Å². The van der Waals surface area contributed by atoms with Gasteiger partial charge in [0.15, 0.2) is 0 Å². The van der Waals surface area contributed by atoms with Gasteiger partial charge in [0.1, 0.15) is 12.4 Å². The first-order chi connectivity index (χ1) is 9.81. The molecule has 0 N–H and O–H groups in total. The third-order valence-electron chi connectivity index (χ3n) is 2.71. The summed E-state index contributed by atoms with van der Waals surface area (Å²) >= 11 is 0. The van der Waals surface area contributed by atoms with Crippen molar-refractivity contribution in [3.05, 3.63) is 68.7 Å². The number of nitroso groups, excluding NO2 is 1. The predicted octanol–water partition coefficient (Wildman–Crippen LogP) is 3.26. The highest BCUT2D eigenvalue weighted by Crippen LogP contribution is 2.28. The van der Waals surface area contributed by atoms with Crippen LogP contribution in [0.4, 0.5) is 17.6 Å². The molecule has 2 aromatic rings. The van der Waals surface area contributed by atoms with Gasteiger partial charge < -0.3 is 0 Å². The van der Waals surface area contributed by atoms with Crippen molar-refractivity contribution >= 4 is 0 Å². The second-order valence-electron chi connectivity index (χ2n) is 4.23. The molecule has 1 aromatic carbocycles. The van der Waals surface area contributed by atoms with Crippen molar-refractivity contribution in [3.63, 3.8) is 0 Å². The Morgan fingerprint density at radius 1 is 1.14 bits per heavy atom. The van der Waals surface area contributed by atoms with Gasteiger partial charge in [-0.1, -0.05) is 5.18 Å². The van der Waals surface area contributed by atoms with E-state index in [9.17, 15) is 27.3 Å². The van der Waals surface area contributed by atoms with E-state index >= 15 is 0 Å². The monoisotopic (exact) mass is 300 g/mol. The molecule has 0 spiro atoms. The molecule has 0 aliphatic heterocycles. The molecule has 0 atom stereocenters. The molecular formula is C13H8F4N2O2. The van der Waals surface area contributed by atoms with Crippen LogP contribution in [0.3, 0.4) is 0 Å². The maximum absolute atomic E-state index is 13.4. The number of hydrogen-bond donors (Lipinski definition) is 0. The Morgan fingerprint density at radius 3 is 2.43 bits per heavy atom. The zero-order valence-corrected chi connectivity index (χ0v) is 10.4. The minimum Gasteiger partial charge on any atom is -0.284 e. The average Bonchev–Trinajstić information content (AvgIpc) is 2.37. The van der Waals surface area contributed by atoms with Gasteiger partial charge in [-0.3, -0.25) is 9.36 Å². The summed E-state index contributed by atoms with van der Waals surface area (Å²) < 4.78 is 51.7. The lowest BCUT2D eigenvalue weighted by atomic mass is 10.2. The Morgan fingerprint density at radius 2 is 1.86 bits per heavy atom. The second kappa shape index (κ2) is 5.47. The van der Waals surface area contributed by atoms with Crippen LogP contribution in [0.15, 0.2) is 46.5 Å². The number of benzene rings is 1. The van der Waals surface area contributed by atoms with Crippen LogP contribution in [-0.2, 0) is 12.7 Å². The Balaban J connectivity index is 2.52. The highest BCUT2D eigenvalue weighted by Gasteiger charge is 2.31. The zero-order valence-electron chi connectivity index (χ0n) is 10.4. The molecule has 2 rings (SSSR count). The van der Waals surface area contributed by atoms with E-state index in [-0.39, 0.29) is 17.8 Å². The van der Waals surface area contributed by atoms with Gasteiger partial charge in [-0.15, -0.1) is 0 Å². The lowest BCUT2D eigenvalue weighted by Gasteiger charge is -2.10. The topological polar surface area (TPSA) is 51.4 Å². The molecule has 1 aromatic heterocycles. The van der Waals surface area contributed by atoms with E-state index in [0.717, 1.165) is 22.9 Å². The number of rotatable bonds is 3. The van der Waals surface area contributed by atoms with E-state index in [1.54, 1.807) is 0 Å². The lowest BCUT2D eigenvalue weighted by Crippen LogP contribution is -2.20. The number of halogens is 4. The summed E-state index contributed by atoms with van der Waals surface area (Å²) in [5.74, 6) is -0.724. The van der Waals surface area contributed by atoms with Crippen LogP contribution in [0.2, 0.25) is 0 Å². The van der Waals surface area contributed by atoms with E-state index in [0.29, 0.717) is 12.1 Å². The summed E-state index contributed by atoms with van der Waals surface area (Å²) in [7, 11) is 0. The van der Waals surface area contributed by atoms with Gasteiger partial charge in [-0.25, -0.2) is 4.39 Å². The van der Waals surface area contributed by atoms with Gasteiger partial charge in [0.05, 0.1) is 11.3 Å². The minimum atomic E-state index is -4.63. The van der Waals surface area contributed by atoms with Gasteiger partial charge in [-0.05, 0) is 29.8 Å².